The number of hydrogen-bond acceptors (Lipinski definition) is 0. The first-order valence-electron chi connectivity index (χ1n) is 13.9. The van der Waals surface area contributed by atoms with Crippen molar-refractivity contribution in [1.82, 2.24) is 0 Å². The van der Waals surface area contributed by atoms with Crippen molar-refractivity contribution < 1.29 is 0 Å². The molecule has 0 N–H and O–H groups in total. The summed E-state index contributed by atoms with van der Waals surface area (Å²) in [6.07, 6.45) is 19.0. The smallest absolute Gasteiger partial charge is 0.00851 e. The quantitative estimate of drug-likeness (QED) is 0.393. The van der Waals surface area contributed by atoms with E-state index in [1.165, 1.54) is 70.6 Å². The standard InChI is InChI=1S/C28H48.C2H6/c1-19(2)8-7-9-21(4)24-12-13-25-23-11-10-22-18-20(3)14-16-27(22,5)26(23)15-17-28(24,25)6;1-2/h10,19-21,23-26H,7-9,11-18H2,1-6H3;1-2H3. The molecule has 0 nitrogen and oxygen atoms in total. The highest BCUT2D eigenvalue weighted by Crippen LogP contribution is 2.67. The Bertz CT molecular complexity index is 585. The van der Waals surface area contributed by atoms with Crippen molar-refractivity contribution >= 4 is 0 Å². The van der Waals surface area contributed by atoms with Gasteiger partial charge in [-0.2, -0.15) is 0 Å². The van der Waals surface area contributed by atoms with E-state index in [1.54, 1.807) is 0 Å². The molecule has 4 rings (SSSR count). The van der Waals surface area contributed by atoms with Crippen molar-refractivity contribution in [3.05, 3.63) is 11.6 Å². The van der Waals surface area contributed by atoms with Gasteiger partial charge < -0.3 is 0 Å². The van der Waals surface area contributed by atoms with Crippen LogP contribution < -0.4 is 0 Å². The van der Waals surface area contributed by atoms with E-state index in [0.717, 1.165) is 41.4 Å². The molecule has 0 aliphatic heterocycles. The van der Waals surface area contributed by atoms with Crippen LogP contribution in [0.2, 0.25) is 0 Å². The van der Waals surface area contributed by atoms with Gasteiger partial charge in [0.1, 0.15) is 0 Å². The predicted molar refractivity (Wildman–Crippen MR) is 134 cm³/mol. The molecule has 4 aliphatic rings. The first kappa shape index (κ1) is 24.4. The molecule has 0 heterocycles. The third-order valence-electron chi connectivity index (χ3n) is 10.6. The van der Waals surface area contributed by atoms with Gasteiger partial charge in [0.05, 0.1) is 0 Å². The number of fused-ring (bicyclic) bond motifs is 5. The van der Waals surface area contributed by atoms with Gasteiger partial charge in [0, 0.05) is 0 Å². The summed E-state index contributed by atoms with van der Waals surface area (Å²) in [5, 5.41) is 0. The van der Waals surface area contributed by atoms with Crippen LogP contribution in [0.4, 0.5) is 0 Å². The zero-order valence-electron chi connectivity index (χ0n) is 21.9. The van der Waals surface area contributed by atoms with Crippen molar-refractivity contribution in [2.24, 2.45) is 52.3 Å². The van der Waals surface area contributed by atoms with Crippen molar-refractivity contribution in [2.75, 3.05) is 0 Å². The van der Waals surface area contributed by atoms with Crippen molar-refractivity contribution in [2.45, 2.75) is 126 Å². The van der Waals surface area contributed by atoms with Gasteiger partial charge in [-0.1, -0.05) is 86.3 Å². The molecule has 8 unspecified atom stereocenters. The second-order valence-electron chi connectivity index (χ2n) is 12.6. The van der Waals surface area contributed by atoms with Crippen molar-refractivity contribution in [3.8, 4) is 0 Å². The summed E-state index contributed by atoms with van der Waals surface area (Å²) in [4.78, 5) is 0. The van der Waals surface area contributed by atoms with Gasteiger partial charge in [0.15, 0.2) is 0 Å². The van der Waals surface area contributed by atoms with E-state index in [4.69, 9.17) is 0 Å². The van der Waals surface area contributed by atoms with Crippen LogP contribution >= 0.6 is 0 Å². The summed E-state index contributed by atoms with van der Waals surface area (Å²) < 4.78 is 0. The summed E-state index contributed by atoms with van der Waals surface area (Å²) >= 11 is 0. The zero-order chi connectivity index (χ0) is 22.1. The lowest BCUT2D eigenvalue weighted by molar-refractivity contribution is -0.0523. The Morgan fingerprint density at radius 1 is 0.933 bits per heavy atom. The van der Waals surface area contributed by atoms with E-state index in [-0.39, 0.29) is 0 Å². The highest BCUT2D eigenvalue weighted by Gasteiger charge is 2.58. The maximum atomic E-state index is 2.75. The molecule has 4 aliphatic carbocycles. The lowest BCUT2D eigenvalue weighted by atomic mass is 9.46. The van der Waals surface area contributed by atoms with Gasteiger partial charge in [0.2, 0.25) is 0 Å². The third kappa shape index (κ3) is 4.32. The first-order chi connectivity index (χ1) is 14.3. The molecule has 30 heavy (non-hydrogen) atoms. The zero-order valence-corrected chi connectivity index (χ0v) is 21.9. The molecule has 0 spiro atoms. The van der Waals surface area contributed by atoms with E-state index in [9.17, 15) is 0 Å². The van der Waals surface area contributed by atoms with E-state index >= 15 is 0 Å². The second kappa shape index (κ2) is 9.70. The topological polar surface area (TPSA) is 0 Å². The van der Waals surface area contributed by atoms with Crippen LogP contribution in [0.5, 0.6) is 0 Å². The molecule has 3 saturated carbocycles. The summed E-state index contributed by atoms with van der Waals surface area (Å²) in [6.45, 7) is 19.3. The molecule has 8 atom stereocenters. The molecule has 0 amide bonds. The molecule has 0 radical (unpaired) electrons. The highest BCUT2D eigenvalue weighted by atomic mass is 14.6. The van der Waals surface area contributed by atoms with Crippen LogP contribution in [-0.4, -0.2) is 0 Å². The molecule has 0 heteroatoms. The Hall–Kier alpha value is -0.260. The van der Waals surface area contributed by atoms with Crippen LogP contribution in [0.15, 0.2) is 11.6 Å². The lowest BCUT2D eigenvalue weighted by Crippen LogP contribution is -2.50. The van der Waals surface area contributed by atoms with E-state index < -0.39 is 0 Å². The predicted octanol–water partition coefficient (Wildman–Crippen LogP) is 9.69. The molecule has 0 aromatic rings. The Balaban J connectivity index is 0.00000124. The minimum atomic E-state index is 0.553. The van der Waals surface area contributed by atoms with Gasteiger partial charge in [-0.3, -0.25) is 0 Å². The summed E-state index contributed by atoms with van der Waals surface area (Å²) in [6, 6.07) is 0. The molecule has 0 saturated heterocycles. The van der Waals surface area contributed by atoms with E-state index in [0.29, 0.717) is 10.8 Å². The van der Waals surface area contributed by atoms with Gasteiger partial charge in [0.25, 0.3) is 0 Å². The van der Waals surface area contributed by atoms with Gasteiger partial charge in [-0.25, -0.2) is 0 Å². The maximum absolute atomic E-state index is 2.75. The third-order valence-corrected chi connectivity index (χ3v) is 10.6. The van der Waals surface area contributed by atoms with E-state index in [2.05, 4.69) is 47.6 Å². The van der Waals surface area contributed by atoms with Gasteiger partial charge in [-0.15, -0.1) is 0 Å². The summed E-state index contributed by atoms with van der Waals surface area (Å²) in [5.74, 6) is 6.73. The van der Waals surface area contributed by atoms with Crippen LogP contribution in [0.25, 0.3) is 0 Å². The average Bonchev–Trinajstić information content (AvgIpc) is 3.07. The van der Waals surface area contributed by atoms with Crippen LogP contribution in [-0.2, 0) is 0 Å². The number of allylic oxidation sites excluding steroid dienone is 2. The molecule has 174 valence electrons. The monoisotopic (exact) mass is 414 g/mol. The minimum Gasteiger partial charge on any atom is -0.0845 e. The SMILES string of the molecule is CC.CC(C)CCCC(C)C1CCC2C3CC=C4CC(C)CCC4(C)C3CCC12C. The fraction of sp³-hybridized carbons (Fsp3) is 0.933. The lowest BCUT2D eigenvalue weighted by Gasteiger charge is -2.58. The van der Waals surface area contributed by atoms with Gasteiger partial charge >= 0.3 is 0 Å². The summed E-state index contributed by atoms with van der Waals surface area (Å²) in [5.41, 5.74) is 3.06. The van der Waals surface area contributed by atoms with Crippen LogP contribution in [0.1, 0.15) is 126 Å². The maximum Gasteiger partial charge on any atom is -0.00851 e. The fourth-order valence-electron chi connectivity index (χ4n) is 8.87. The molecular weight excluding hydrogens is 360 g/mol. The largest absolute Gasteiger partial charge is 0.0845 e. The normalized spacial score (nSPS) is 43.6. The minimum absolute atomic E-state index is 0.553. The Kier molecular flexibility index (Phi) is 7.89. The molecule has 0 aromatic carbocycles. The number of rotatable bonds is 5. The Morgan fingerprint density at radius 3 is 2.37 bits per heavy atom. The van der Waals surface area contributed by atoms with Crippen molar-refractivity contribution in [1.29, 1.82) is 0 Å². The van der Waals surface area contributed by atoms with Gasteiger partial charge in [-0.05, 0) is 104 Å². The molecule has 0 aromatic heterocycles. The van der Waals surface area contributed by atoms with E-state index in [1.807, 2.05) is 19.4 Å². The fourth-order valence-corrected chi connectivity index (χ4v) is 8.87. The molecule has 3 fully saturated rings. The molecular formula is C30H54. The van der Waals surface area contributed by atoms with Crippen LogP contribution in [0.3, 0.4) is 0 Å². The Morgan fingerprint density at radius 2 is 1.67 bits per heavy atom. The molecule has 0 bridgehead atoms. The van der Waals surface area contributed by atoms with Crippen molar-refractivity contribution in [3.63, 3.8) is 0 Å². The highest BCUT2D eigenvalue weighted by molar-refractivity contribution is 5.25. The van der Waals surface area contributed by atoms with Crippen LogP contribution in [0, 0.1) is 52.3 Å². The Labute approximate surface area is 190 Å². The second-order valence-corrected chi connectivity index (χ2v) is 12.6. The number of hydrogen-bond donors (Lipinski definition) is 0. The first-order valence-corrected chi connectivity index (χ1v) is 13.9. The summed E-state index contributed by atoms with van der Waals surface area (Å²) in [7, 11) is 0. The average molecular weight is 415 g/mol.